The van der Waals surface area contributed by atoms with E-state index in [9.17, 15) is 8.42 Å². The molecule has 0 saturated carbocycles. The highest BCUT2D eigenvalue weighted by Crippen LogP contribution is 2.10. The maximum atomic E-state index is 11.0. The molecule has 90 valence electrons. The number of nitrogens with two attached hydrogens (primary N) is 1. The van der Waals surface area contributed by atoms with Gasteiger partial charge in [-0.1, -0.05) is 44.2 Å². The van der Waals surface area contributed by atoms with Gasteiger partial charge in [0.05, 0.1) is 0 Å². The van der Waals surface area contributed by atoms with Gasteiger partial charge < -0.3 is 0 Å². The number of rotatable bonds is 5. The monoisotopic (exact) mass is 242 g/mol. The van der Waals surface area contributed by atoms with Crippen molar-refractivity contribution < 1.29 is 8.42 Å². The molecule has 4 nitrogen and oxygen atoms in total. The highest BCUT2D eigenvalue weighted by molar-refractivity contribution is 7.87. The first-order chi connectivity index (χ1) is 7.38. The number of benzene rings is 1. The van der Waals surface area contributed by atoms with E-state index in [0.717, 1.165) is 5.56 Å². The van der Waals surface area contributed by atoms with Crippen LogP contribution in [0.15, 0.2) is 30.3 Å². The maximum absolute atomic E-state index is 11.0. The standard InChI is InChI=1S/C11H18N2O2S/c1-9(2)11(13-16(12,14)15)8-10-6-4-3-5-7-10/h3-7,9,11,13H,8H2,1-2H3,(H2,12,14,15). The molecule has 16 heavy (non-hydrogen) atoms. The zero-order valence-corrected chi connectivity index (χ0v) is 10.4. The van der Waals surface area contributed by atoms with E-state index in [4.69, 9.17) is 5.14 Å². The molecule has 0 aliphatic heterocycles. The third kappa shape index (κ3) is 4.74. The van der Waals surface area contributed by atoms with Gasteiger partial charge in [-0.15, -0.1) is 0 Å². The lowest BCUT2D eigenvalue weighted by Gasteiger charge is -2.20. The predicted octanol–water partition coefficient (Wildman–Crippen LogP) is 1.05. The second-order valence-corrected chi connectivity index (χ2v) is 5.53. The third-order valence-electron chi connectivity index (χ3n) is 2.42. The van der Waals surface area contributed by atoms with Gasteiger partial charge >= 0.3 is 0 Å². The minimum Gasteiger partial charge on any atom is -0.216 e. The van der Waals surface area contributed by atoms with E-state index in [1.165, 1.54) is 0 Å². The van der Waals surface area contributed by atoms with Crippen LogP contribution in [-0.4, -0.2) is 14.5 Å². The smallest absolute Gasteiger partial charge is 0.216 e. The molecule has 0 amide bonds. The average molecular weight is 242 g/mol. The normalized spacial score (nSPS) is 14.0. The van der Waals surface area contributed by atoms with E-state index in [1.54, 1.807) is 0 Å². The van der Waals surface area contributed by atoms with Gasteiger partial charge in [-0.2, -0.15) is 13.1 Å². The summed E-state index contributed by atoms with van der Waals surface area (Å²) in [4.78, 5) is 0. The number of hydrogen-bond acceptors (Lipinski definition) is 2. The van der Waals surface area contributed by atoms with E-state index in [0.29, 0.717) is 6.42 Å². The van der Waals surface area contributed by atoms with Crippen molar-refractivity contribution in [1.29, 1.82) is 0 Å². The first-order valence-electron chi connectivity index (χ1n) is 5.22. The summed E-state index contributed by atoms with van der Waals surface area (Å²) in [5.41, 5.74) is 1.09. The van der Waals surface area contributed by atoms with Crippen molar-refractivity contribution in [1.82, 2.24) is 4.72 Å². The second-order valence-electron chi connectivity index (χ2n) is 4.20. The first kappa shape index (κ1) is 13.2. The summed E-state index contributed by atoms with van der Waals surface area (Å²) in [6, 6.07) is 9.58. The zero-order valence-electron chi connectivity index (χ0n) is 9.55. The third-order valence-corrected chi connectivity index (χ3v) is 3.05. The molecule has 1 aromatic rings. The minimum absolute atomic E-state index is 0.169. The summed E-state index contributed by atoms with van der Waals surface area (Å²) in [5, 5.41) is 4.99. The van der Waals surface area contributed by atoms with Crippen LogP contribution in [0.4, 0.5) is 0 Å². The van der Waals surface area contributed by atoms with Crippen LogP contribution in [0.3, 0.4) is 0 Å². The summed E-state index contributed by atoms with van der Waals surface area (Å²) in [7, 11) is -3.64. The van der Waals surface area contributed by atoms with E-state index in [-0.39, 0.29) is 12.0 Å². The summed E-state index contributed by atoms with van der Waals surface area (Å²) in [5.74, 6) is 0.193. The van der Waals surface area contributed by atoms with E-state index < -0.39 is 10.2 Å². The van der Waals surface area contributed by atoms with Gasteiger partial charge in [0.15, 0.2) is 0 Å². The molecule has 0 aliphatic carbocycles. The van der Waals surface area contributed by atoms with E-state index in [2.05, 4.69) is 4.72 Å². The molecule has 0 bridgehead atoms. The molecular formula is C11H18N2O2S. The Hall–Kier alpha value is -0.910. The topological polar surface area (TPSA) is 72.2 Å². The quantitative estimate of drug-likeness (QED) is 0.810. The highest BCUT2D eigenvalue weighted by Gasteiger charge is 2.18. The number of nitrogens with one attached hydrogen (secondary N) is 1. The van der Waals surface area contributed by atoms with Crippen LogP contribution < -0.4 is 9.86 Å². The summed E-state index contributed by atoms with van der Waals surface area (Å²) in [6.07, 6.45) is 0.648. The van der Waals surface area contributed by atoms with Crippen molar-refractivity contribution in [2.45, 2.75) is 26.3 Å². The fraction of sp³-hybridized carbons (Fsp3) is 0.455. The molecule has 1 rings (SSSR count). The predicted molar refractivity (Wildman–Crippen MR) is 65.0 cm³/mol. The van der Waals surface area contributed by atoms with Gasteiger partial charge in [0.1, 0.15) is 0 Å². The average Bonchev–Trinajstić information content (AvgIpc) is 2.16. The lowest BCUT2D eigenvalue weighted by atomic mass is 9.97. The fourth-order valence-electron chi connectivity index (χ4n) is 1.49. The van der Waals surface area contributed by atoms with Crippen LogP contribution in [0.25, 0.3) is 0 Å². The van der Waals surface area contributed by atoms with Gasteiger partial charge in [0.2, 0.25) is 0 Å². The maximum Gasteiger partial charge on any atom is 0.274 e. The molecule has 1 aromatic carbocycles. The van der Waals surface area contributed by atoms with Crippen molar-refractivity contribution in [3.63, 3.8) is 0 Å². The Kier molecular flexibility index (Phi) is 4.46. The fourth-order valence-corrected chi connectivity index (χ4v) is 2.27. The van der Waals surface area contributed by atoms with E-state index in [1.807, 2.05) is 44.2 Å². The van der Waals surface area contributed by atoms with Crippen molar-refractivity contribution in [3.8, 4) is 0 Å². The van der Waals surface area contributed by atoms with Crippen LogP contribution in [0, 0.1) is 5.92 Å². The van der Waals surface area contributed by atoms with Crippen LogP contribution >= 0.6 is 0 Å². The molecule has 0 saturated heterocycles. The molecule has 0 radical (unpaired) electrons. The van der Waals surface area contributed by atoms with Gasteiger partial charge in [-0.25, -0.2) is 5.14 Å². The SMILES string of the molecule is CC(C)C(Cc1ccccc1)NS(N)(=O)=O. The highest BCUT2D eigenvalue weighted by atomic mass is 32.2. The molecule has 1 unspecified atom stereocenters. The largest absolute Gasteiger partial charge is 0.274 e. The minimum atomic E-state index is -3.64. The van der Waals surface area contributed by atoms with Gasteiger partial charge in [-0.05, 0) is 17.9 Å². The van der Waals surface area contributed by atoms with Crippen molar-refractivity contribution in [2.75, 3.05) is 0 Å². The Labute approximate surface area is 97.0 Å². The lowest BCUT2D eigenvalue weighted by molar-refractivity contribution is 0.446. The second kappa shape index (κ2) is 5.43. The summed E-state index contributed by atoms with van der Waals surface area (Å²) >= 11 is 0. The summed E-state index contributed by atoms with van der Waals surface area (Å²) in [6.45, 7) is 3.93. The van der Waals surface area contributed by atoms with Crippen LogP contribution in [0.5, 0.6) is 0 Å². The van der Waals surface area contributed by atoms with Crippen molar-refractivity contribution >= 4 is 10.2 Å². The van der Waals surface area contributed by atoms with Gasteiger partial charge in [-0.3, -0.25) is 0 Å². The Morgan fingerprint density at radius 2 is 1.81 bits per heavy atom. The molecule has 0 spiro atoms. The molecule has 1 atom stereocenters. The lowest BCUT2D eigenvalue weighted by Crippen LogP contribution is -2.43. The first-order valence-corrected chi connectivity index (χ1v) is 6.77. The van der Waals surface area contributed by atoms with Crippen LogP contribution in [0.1, 0.15) is 19.4 Å². The molecule has 5 heteroatoms. The molecule has 0 aromatic heterocycles. The Morgan fingerprint density at radius 1 is 1.25 bits per heavy atom. The molecule has 0 fully saturated rings. The van der Waals surface area contributed by atoms with Crippen molar-refractivity contribution in [3.05, 3.63) is 35.9 Å². The molecule has 0 heterocycles. The summed E-state index contributed by atoms with van der Waals surface area (Å²) < 4.78 is 24.5. The van der Waals surface area contributed by atoms with Crippen LogP contribution in [-0.2, 0) is 16.6 Å². The Morgan fingerprint density at radius 3 is 2.25 bits per heavy atom. The van der Waals surface area contributed by atoms with Crippen LogP contribution in [0.2, 0.25) is 0 Å². The molecular weight excluding hydrogens is 224 g/mol. The molecule has 3 N–H and O–H groups in total. The van der Waals surface area contributed by atoms with Crippen molar-refractivity contribution in [2.24, 2.45) is 11.1 Å². The zero-order chi connectivity index (χ0) is 12.2. The van der Waals surface area contributed by atoms with Gasteiger partial charge in [0, 0.05) is 6.04 Å². The Bertz CT molecular complexity index is 415. The van der Waals surface area contributed by atoms with E-state index >= 15 is 0 Å². The Balaban J connectivity index is 2.73. The molecule has 0 aliphatic rings. The van der Waals surface area contributed by atoms with Gasteiger partial charge in [0.25, 0.3) is 10.2 Å². The number of hydrogen-bond donors (Lipinski definition) is 2.